The predicted octanol–water partition coefficient (Wildman–Crippen LogP) is 4.50. The summed E-state index contributed by atoms with van der Waals surface area (Å²) in [6.45, 7) is 6.59. The smallest absolute Gasteiger partial charge is 0.0625 e. The fourth-order valence-corrected chi connectivity index (χ4v) is 5.32. The molecule has 2 heterocycles. The molecule has 3 atom stereocenters. The number of aromatic amines is 1. The van der Waals surface area contributed by atoms with Gasteiger partial charge in [0.1, 0.15) is 0 Å². The molecule has 0 saturated carbocycles. The Hall–Kier alpha value is -1.31. The van der Waals surface area contributed by atoms with E-state index in [1.54, 1.807) is 0 Å². The van der Waals surface area contributed by atoms with E-state index in [2.05, 4.69) is 57.9 Å². The van der Waals surface area contributed by atoms with Gasteiger partial charge in [0.25, 0.3) is 0 Å². The molecule has 4 rings (SSSR count). The first-order valence-electron chi connectivity index (χ1n) is 8.54. The number of piperidine rings is 1. The minimum atomic E-state index is 0.497. The van der Waals surface area contributed by atoms with E-state index in [1.165, 1.54) is 27.7 Å². The number of hydrogen-bond acceptors (Lipinski definition) is 2. The summed E-state index contributed by atoms with van der Waals surface area (Å²) in [6, 6.07) is 7.49. The Morgan fingerprint density at radius 3 is 3.00 bits per heavy atom. The summed E-state index contributed by atoms with van der Waals surface area (Å²) in [6.07, 6.45) is 2.96. The van der Waals surface area contributed by atoms with E-state index in [0.717, 1.165) is 30.4 Å². The number of benzene rings is 1. The molecule has 1 fully saturated rings. The van der Waals surface area contributed by atoms with Gasteiger partial charge in [-0.25, -0.2) is 0 Å². The van der Waals surface area contributed by atoms with Gasteiger partial charge in [0.2, 0.25) is 0 Å². The van der Waals surface area contributed by atoms with Gasteiger partial charge in [-0.2, -0.15) is 5.26 Å². The van der Waals surface area contributed by atoms with Crippen molar-refractivity contribution in [2.75, 3.05) is 13.1 Å². The second-order valence-corrected chi connectivity index (χ2v) is 7.99. The lowest BCUT2D eigenvalue weighted by Gasteiger charge is -2.46. The van der Waals surface area contributed by atoms with E-state index < -0.39 is 0 Å². The van der Waals surface area contributed by atoms with E-state index in [1.807, 2.05) is 0 Å². The fraction of sp³-hybridized carbons (Fsp3) is 0.526. The molecular weight excluding hydrogens is 350 g/mol. The Morgan fingerprint density at radius 2 is 2.26 bits per heavy atom. The van der Waals surface area contributed by atoms with Crippen LogP contribution in [0.25, 0.3) is 10.9 Å². The molecule has 1 aromatic carbocycles. The number of fused-ring (bicyclic) bond motifs is 2. The van der Waals surface area contributed by atoms with Crippen molar-refractivity contribution < 1.29 is 0 Å². The first-order chi connectivity index (χ1) is 11.1. The van der Waals surface area contributed by atoms with Crippen LogP contribution in [0.5, 0.6) is 0 Å². The first kappa shape index (κ1) is 15.2. The molecule has 2 aromatic rings. The normalized spacial score (nSPS) is 27.0. The summed E-state index contributed by atoms with van der Waals surface area (Å²) in [5.74, 6) is 1.04. The zero-order chi connectivity index (χ0) is 16.1. The molecule has 23 heavy (non-hydrogen) atoms. The van der Waals surface area contributed by atoms with E-state index in [9.17, 15) is 0 Å². The third-order valence-electron chi connectivity index (χ3n) is 5.82. The number of likely N-dealkylation sites (N-methyl/N-ethyl adjacent to an activating group) is 1. The maximum Gasteiger partial charge on any atom is 0.0625 e. The Labute approximate surface area is 145 Å². The number of aryl methyl sites for hydroxylation is 1. The van der Waals surface area contributed by atoms with Crippen LogP contribution in [0.2, 0.25) is 0 Å². The summed E-state index contributed by atoms with van der Waals surface area (Å²) in [4.78, 5) is 6.19. The third kappa shape index (κ3) is 2.33. The molecular formula is C19H22BrN3. The van der Waals surface area contributed by atoms with Gasteiger partial charge in [-0.05, 0) is 55.5 Å². The molecule has 1 N–H and O–H groups in total. The minimum Gasteiger partial charge on any atom is -0.358 e. The van der Waals surface area contributed by atoms with Crippen LogP contribution in [-0.2, 0) is 6.42 Å². The first-order valence-corrected chi connectivity index (χ1v) is 9.33. The molecule has 0 radical (unpaired) electrons. The second-order valence-electron chi connectivity index (χ2n) is 7.08. The molecule has 3 nitrogen and oxygen atoms in total. The Bertz CT molecular complexity index is 801. The highest BCUT2D eigenvalue weighted by atomic mass is 79.9. The third-order valence-corrected chi connectivity index (χ3v) is 6.28. The summed E-state index contributed by atoms with van der Waals surface area (Å²) in [7, 11) is 0. The summed E-state index contributed by atoms with van der Waals surface area (Å²) < 4.78 is 1.15. The lowest BCUT2D eigenvalue weighted by Crippen LogP contribution is -2.49. The van der Waals surface area contributed by atoms with Gasteiger partial charge in [-0.15, -0.1) is 0 Å². The van der Waals surface area contributed by atoms with Gasteiger partial charge in [0, 0.05) is 46.0 Å². The number of rotatable bonds is 2. The van der Waals surface area contributed by atoms with Gasteiger partial charge in [0.05, 0.1) is 6.07 Å². The van der Waals surface area contributed by atoms with Crippen molar-refractivity contribution >= 4 is 26.8 Å². The van der Waals surface area contributed by atoms with Crippen molar-refractivity contribution in [1.29, 1.82) is 5.26 Å². The lowest BCUT2D eigenvalue weighted by molar-refractivity contribution is 0.0916. The molecule has 120 valence electrons. The van der Waals surface area contributed by atoms with Crippen LogP contribution < -0.4 is 0 Å². The molecule has 0 amide bonds. The molecule has 0 spiro atoms. The molecule has 0 bridgehead atoms. The maximum atomic E-state index is 9.15. The molecule has 1 saturated heterocycles. The number of aromatic nitrogens is 1. The number of halogens is 1. The van der Waals surface area contributed by atoms with Gasteiger partial charge < -0.3 is 4.98 Å². The van der Waals surface area contributed by atoms with Crippen molar-refractivity contribution in [2.24, 2.45) is 5.92 Å². The standard InChI is InChI=1S/C19H22BrN3/c1-3-23-10-12(4-5-21)6-15-16-7-13(20)8-17-19(16)14(9-18(15)23)11(2)22-17/h7-8,12,15,18,22H,3-4,6,9-10H2,1-2H3/t12-,15-,18-/m1/s1. The molecule has 1 aliphatic heterocycles. The number of nitrogens with zero attached hydrogens (tertiary/aromatic N) is 2. The topological polar surface area (TPSA) is 42.8 Å². The highest BCUT2D eigenvalue weighted by Crippen LogP contribution is 2.47. The summed E-state index contributed by atoms with van der Waals surface area (Å²) in [5.41, 5.74) is 5.55. The zero-order valence-electron chi connectivity index (χ0n) is 13.7. The zero-order valence-corrected chi connectivity index (χ0v) is 15.3. The molecule has 1 aliphatic carbocycles. The molecule has 0 unspecified atom stereocenters. The van der Waals surface area contributed by atoms with Crippen molar-refractivity contribution in [3.8, 4) is 6.07 Å². The van der Waals surface area contributed by atoms with Crippen molar-refractivity contribution in [3.63, 3.8) is 0 Å². The van der Waals surface area contributed by atoms with Crippen LogP contribution in [0.15, 0.2) is 16.6 Å². The average molecular weight is 372 g/mol. The minimum absolute atomic E-state index is 0.497. The van der Waals surface area contributed by atoms with Crippen LogP contribution in [0, 0.1) is 24.2 Å². The van der Waals surface area contributed by atoms with Crippen molar-refractivity contribution in [1.82, 2.24) is 9.88 Å². The Morgan fingerprint density at radius 1 is 1.43 bits per heavy atom. The molecule has 2 aliphatic rings. The van der Waals surface area contributed by atoms with E-state index in [-0.39, 0.29) is 0 Å². The van der Waals surface area contributed by atoms with Gasteiger partial charge >= 0.3 is 0 Å². The Balaban J connectivity index is 1.87. The average Bonchev–Trinajstić information content (AvgIpc) is 2.84. The van der Waals surface area contributed by atoms with Crippen LogP contribution in [0.4, 0.5) is 0 Å². The summed E-state index contributed by atoms with van der Waals surface area (Å²) >= 11 is 3.69. The number of hydrogen-bond donors (Lipinski definition) is 1. The SMILES string of the molecule is CCN1C[C@H](CC#N)C[C@@H]2c3cc(Br)cc4[nH]c(C)c(c34)C[C@H]21. The van der Waals surface area contributed by atoms with Crippen molar-refractivity contribution in [2.45, 2.75) is 45.1 Å². The quantitative estimate of drug-likeness (QED) is 0.843. The van der Waals surface area contributed by atoms with Crippen molar-refractivity contribution in [3.05, 3.63) is 33.4 Å². The monoisotopic (exact) mass is 371 g/mol. The summed E-state index contributed by atoms with van der Waals surface area (Å²) in [5, 5.41) is 10.6. The number of H-pyrrole nitrogens is 1. The number of nitrogens with one attached hydrogen (secondary N) is 1. The predicted molar refractivity (Wildman–Crippen MR) is 96.6 cm³/mol. The highest BCUT2D eigenvalue weighted by molar-refractivity contribution is 9.10. The van der Waals surface area contributed by atoms with E-state index >= 15 is 0 Å². The van der Waals surface area contributed by atoms with Gasteiger partial charge in [-0.1, -0.05) is 22.9 Å². The van der Waals surface area contributed by atoms with Gasteiger partial charge in [-0.3, -0.25) is 4.90 Å². The van der Waals surface area contributed by atoms with Crippen LogP contribution in [0.1, 0.15) is 42.5 Å². The van der Waals surface area contributed by atoms with E-state index in [4.69, 9.17) is 5.26 Å². The highest BCUT2D eigenvalue weighted by Gasteiger charge is 2.40. The van der Waals surface area contributed by atoms with E-state index in [0.29, 0.717) is 24.3 Å². The van der Waals surface area contributed by atoms with Gasteiger partial charge in [0.15, 0.2) is 0 Å². The van der Waals surface area contributed by atoms with Crippen LogP contribution in [0.3, 0.4) is 0 Å². The second kappa shape index (κ2) is 5.65. The lowest BCUT2D eigenvalue weighted by atomic mass is 9.71. The molecule has 1 aromatic heterocycles. The van der Waals surface area contributed by atoms with Crippen LogP contribution in [-0.4, -0.2) is 29.0 Å². The maximum absolute atomic E-state index is 9.15. The number of likely N-dealkylation sites (tertiary alicyclic amines) is 1. The number of nitriles is 1. The fourth-order valence-electron chi connectivity index (χ4n) is 4.84. The van der Waals surface area contributed by atoms with Crippen LogP contribution >= 0.6 is 15.9 Å². The largest absolute Gasteiger partial charge is 0.358 e. The molecule has 4 heteroatoms. The Kier molecular flexibility index (Phi) is 3.74.